The molecule has 168 valence electrons. The Morgan fingerprint density at radius 1 is 0.969 bits per heavy atom. The van der Waals surface area contributed by atoms with Gasteiger partial charge in [0.25, 0.3) is 0 Å². The molecule has 32 heavy (non-hydrogen) atoms. The molecule has 0 atom stereocenters. The quantitative estimate of drug-likeness (QED) is 0.398. The number of amides is 2. The summed E-state index contributed by atoms with van der Waals surface area (Å²) in [6.07, 6.45) is -4.81. The van der Waals surface area contributed by atoms with Gasteiger partial charge in [-0.3, -0.25) is 5.32 Å². The fraction of sp³-hybridized carbons (Fsp3) is 0.182. The van der Waals surface area contributed by atoms with Gasteiger partial charge in [0.1, 0.15) is 10.8 Å². The Balaban J connectivity index is 1.82. The molecule has 0 unspecified atom stereocenters. The van der Waals surface area contributed by atoms with Crippen LogP contribution in [0.25, 0.3) is 10.4 Å². The lowest BCUT2D eigenvalue weighted by molar-refractivity contribution is -0.274. The summed E-state index contributed by atoms with van der Waals surface area (Å²) >= 11 is 0.994. The van der Waals surface area contributed by atoms with Crippen LogP contribution in [0.4, 0.5) is 28.7 Å². The van der Waals surface area contributed by atoms with E-state index in [2.05, 4.69) is 15.4 Å². The number of alkyl halides is 3. The molecule has 0 aliphatic rings. The molecule has 0 saturated heterocycles. The monoisotopic (exact) mass is 464 g/mol. The van der Waals surface area contributed by atoms with E-state index < -0.39 is 24.1 Å². The number of rotatable bonds is 5. The van der Waals surface area contributed by atoms with Crippen LogP contribution in [0.5, 0.6) is 5.75 Å². The standard InChI is InChI=1S/C22H19F3N2O4S/c1-11-8-12(2)18(13(3)9-11)26-21(30)27-19-16(20(28)29)10-17(32-19)14-4-6-15(7-5-14)31-22(23,24)25/h4-10H,1-3H3,(H,28,29)(H2,26,27,30). The summed E-state index contributed by atoms with van der Waals surface area (Å²) in [5.41, 5.74) is 3.75. The van der Waals surface area contributed by atoms with Crippen LogP contribution in [0.15, 0.2) is 42.5 Å². The van der Waals surface area contributed by atoms with E-state index in [1.54, 1.807) is 0 Å². The number of hydrogen-bond acceptors (Lipinski definition) is 4. The van der Waals surface area contributed by atoms with Gasteiger partial charge in [-0.05, 0) is 67.8 Å². The highest BCUT2D eigenvalue weighted by Gasteiger charge is 2.31. The first-order valence-corrected chi connectivity index (χ1v) is 10.1. The van der Waals surface area contributed by atoms with Crippen LogP contribution in [-0.4, -0.2) is 23.5 Å². The SMILES string of the molecule is Cc1cc(C)c(NC(=O)Nc2sc(-c3ccc(OC(F)(F)F)cc3)cc2C(=O)O)c(C)c1. The van der Waals surface area contributed by atoms with Crippen LogP contribution < -0.4 is 15.4 Å². The molecule has 0 aliphatic heterocycles. The largest absolute Gasteiger partial charge is 0.573 e. The molecule has 0 aliphatic carbocycles. The number of carbonyl (C=O) groups excluding carboxylic acids is 1. The smallest absolute Gasteiger partial charge is 0.478 e. The number of nitrogens with one attached hydrogen (secondary N) is 2. The van der Waals surface area contributed by atoms with Crippen molar-refractivity contribution >= 4 is 34.0 Å². The number of halogens is 3. The zero-order chi connectivity index (χ0) is 23.6. The van der Waals surface area contributed by atoms with Crippen molar-refractivity contribution in [1.29, 1.82) is 0 Å². The zero-order valence-corrected chi connectivity index (χ0v) is 18.1. The normalized spacial score (nSPS) is 11.2. The number of carbonyl (C=O) groups is 2. The van der Waals surface area contributed by atoms with Crippen LogP contribution in [0, 0.1) is 20.8 Å². The molecule has 1 aromatic heterocycles. The van der Waals surface area contributed by atoms with E-state index in [9.17, 15) is 27.9 Å². The molecule has 3 rings (SSSR count). The lowest BCUT2D eigenvalue weighted by Crippen LogP contribution is -2.21. The third-order valence-corrected chi connectivity index (χ3v) is 5.58. The molecule has 3 aromatic rings. The maximum atomic E-state index is 12.5. The van der Waals surface area contributed by atoms with Crippen LogP contribution in [0.1, 0.15) is 27.0 Å². The fourth-order valence-corrected chi connectivity index (χ4v) is 4.28. The van der Waals surface area contributed by atoms with Gasteiger partial charge in [0.05, 0.1) is 5.56 Å². The predicted molar refractivity (Wildman–Crippen MR) is 117 cm³/mol. The number of carboxylic acids is 1. The third-order valence-electron chi connectivity index (χ3n) is 4.48. The van der Waals surface area contributed by atoms with Crippen LogP contribution in [-0.2, 0) is 0 Å². The van der Waals surface area contributed by atoms with Gasteiger partial charge in [0, 0.05) is 10.6 Å². The fourth-order valence-electron chi connectivity index (χ4n) is 3.23. The summed E-state index contributed by atoms with van der Waals surface area (Å²) in [6.45, 7) is 5.65. The van der Waals surface area contributed by atoms with Crippen molar-refractivity contribution in [3.8, 4) is 16.2 Å². The van der Waals surface area contributed by atoms with Gasteiger partial charge in [-0.1, -0.05) is 17.7 Å². The van der Waals surface area contributed by atoms with Crippen molar-refractivity contribution in [3.63, 3.8) is 0 Å². The number of anilines is 2. The molecule has 0 saturated carbocycles. The number of aryl methyl sites for hydroxylation is 3. The molecule has 3 N–H and O–H groups in total. The van der Waals surface area contributed by atoms with Gasteiger partial charge >= 0.3 is 18.4 Å². The van der Waals surface area contributed by atoms with E-state index in [1.807, 2.05) is 32.9 Å². The number of thiophene rings is 1. The van der Waals surface area contributed by atoms with Gasteiger partial charge in [-0.2, -0.15) is 0 Å². The second-order valence-corrected chi connectivity index (χ2v) is 8.14. The molecular weight excluding hydrogens is 445 g/mol. The Bertz CT molecular complexity index is 1150. The lowest BCUT2D eigenvalue weighted by atomic mass is 10.1. The van der Waals surface area contributed by atoms with Gasteiger partial charge in [0.15, 0.2) is 0 Å². The van der Waals surface area contributed by atoms with E-state index in [1.165, 1.54) is 18.2 Å². The minimum atomic E-state index is -4.81. The van der Waals surface area contributed by atoms with Gasteiger partial charge in [0.2, 0.25) is 0 Å². The summed E-state index contributed by atoms with van der Waals surface area (Å²) in [6, 6.07) is 9.59. The molecule has 6 nitrogen and oxygen atoms in total. The maximum absolute atomic E-state index is 12.5. The molecule has 1 heterocycles. The third kappa shape index (κ3) is 5.58. The molecule has 2 aromatic carbocycles. The Kier molecular flexibility index (Phi) is 6.45. The van der Waals surface area contributed by atoms with Gasteiger partial charge in [-0.15, -0.1) is 24.5 Å². The molecule has 10 heteroatoms. The van der Waals surface area contributed by atoms with Crippen molar-refractivity contribution in [2.75, 3.05) is 10.6 Å². The topological polar surface area (TPSA) is 87.7 Å². The van der Waals surface area contributed by atoms with E-state index in [0.29, 0.717) is 16.1 Å². The molecule has 2 amide bonds. The summed E-state index contributed by atoms with van der Waals surface area (Å²) in [7, 11) is 0. The van der Waals surface area contributed by atoms with E-state index >= 15 is 0 Å². The maximum Gasteiger partial charge on any atom is 0.573 e. The van der Waals surface area contributed by atoms with Crippen molar-refractivity contribution in [3.05, 3.63) is 64.7 Å². The van der Waals surface area contributed by atoms with Crippen molar-refractivity contribution in [2.45, 2.75) is 27.1 Å². The van der Waals surface area contributed by atoms with Gasteiger partial charge < -0.3 is 15.2 Å². The average molecular weight is 464 g/mol. The summed E-state index contributed by atoms with van der Waals surface area (Å²) < 4.78 is 40.8. The Hall–Kier alpha value is -3.53. The van der Waals surface area contributed by atoms with Crippen molar-refractivity contribution < 1.29 is 32.6 Å². The number of hydrogen-bond donors (Lipinski definition) is 3. The molecule has 0 fully saturated rings. The summed E-state index contributed by atoms with van der Waals surface area (Å²) in [4.78, 5) is 24.6. The van der Waals surface area contributed by atoms with Crippen LogP contribution in [0.3, 0.4) is 0 Å². The Morgan fingerprint density at radius 3 is 2.09 bits per heavy atom. The van der Waals surface area contributed by atoms with Crippen LogP contribution >= 0.6 is 11.3 Å². The average Bonchev–Trinajstić information content (AvgIpc) is 3.08. The van der Waals surface area contributed by atoms with Crippen molar-refractivity contribution in [1.82, 2.24) is 0 Å². The minimum Gasteiger partial charge on any atom is -0.478 e. The van der Waals surface area contributed by atoms with E-state index in [4.69, 9.17) is 0 Å². The first-order chi connectivity index (χ1) is 14.9. The highest BCUT2D eigenvalue weighted by Crippen LogP contribution is 2.37. The first-order valence-electron chi connectivity index (χ1n) is 9.32. The molecule has 0 spiro atoms. The first kappa shape index (κ1) is 23.1. The van der Waals surface area contributed by atoms with Gasteiger partial charge in [-0.25, -0.2) is 9.59 Å². The zero-order valence-electron chi connectivity index (χ0n) is 17.3. The molecular formula is C22H19F3N2O4S. The second kappa shape index (κ2) is 8.91. The van der Waals surface area contributed by atoms with E-state index in [0.717, 1.165) is 40.2 Å². The number of urea groups is 1. The van der Waals surface area contributed by atoms with E-state index in [-0.39, 0.29) is 10.6 Å². The number of ether oxygens (including phenoxy) is 1. The minimum absolute atomic E-state index is 0.100. The Labute approximate surface area is 185 Å². The summed E-state index contributed by atoms with van der Waals surface area (Å²) in [5, 5.41) is 14.9. The summed E-state index contributed by atoms with van der Waals surface area (Å²) in [5.74, 6) is -1.64. The van der Waals surface area contributed by atoms with Crippen LogP contribution in [0.2, 0.25) is 0 Å². The molecule has 0 radical (unpaired) electrons. The molecule has 0 bridgehead atoms. The lowest BCUT2D eigenvalue weighted by Gasteiger charge is -2.13. The highest BCUT2D eigenvalue weighted by atomic mass is 32.1. The highest BCUT2D eigenvalue weighted by molar-refractivity contribution is 7.20. The number of benzene rings is 2. The number of aromatic carboxylic acids is 1. The second-order valence-electron chi connectivity index (χ2n) is 7.08. The Morgan fingerprint density at radius 2 is 1.56 bits per heavy atom. The number of carboxylic acid groups (broad SMARTS) is 1. The van der Waals surface area contributed by atoms with Crippen molar-refractivity contribution in [2.24, 2.45) is 0 Å². The predicted octanol–water partition coefficient (Wildman–Crippen LogP) is 6.58.